The molecule has 122 valence electrons. The number of hydrogen-bond acceptors (Lipinski definition) is 4. The van der Waals surface area contributed by atoms with Crippen LogP contribution in [0.4, 0.5) is 0 Å². The quantitative estimate of drug-likeness (QED) is 0.742. The van der Waals surface area contributed by atoms with E-state index >= 15 is 0 Å². The van der Waals surface area contributed by atoms with Crippen molar-refractivity contribution >= 4 is 15.9 Å². The summed E-state index contributed by atoms with van der Waals surface area (Å²) in [6.07, 6.45) is 4.75. The maximum atomic E-state index is 12.1. The summed E-state index contributed by atoms with van der Waals surface area (Å²) in [5.41, 5.74) is 0. The van der Waals surface area contributed by atoms with Gasteiger partial charge in [-0.2, -0.15) is 0 Å². The molecule has 0 radical (unpaired) electrons. The van der Waals surface area contributed by atoms with E-state index in [1.807, 2.05) is 0 Å². The van der Waals surface area contributed by atoms with E-state index in [1.165, 1.54) is 31.9 Å². The van der Waals surface area contributed by atoms with Crippen molar-refractivity contribution in [2.75, 3.05) is 13.1 Å². The van der Waals surface area contributed by atoms with Gasteiger partial charge in [-0.3, -0.25) is 4.79 Å². The third kappa shape index (κ3) is 4.99. The summed E-state index contributed by atoms with van der Waals surface area (Å²) in [5, 5.41) is 2.53. The largest absolute Gasteiger partial charge is 0.490 e. The molecule has 7 heteroatoms. The maximum Gasteiger partial charge on any atom is 0.240 e. The summed E-state index contributed by atoms with van der Waals surface area (Å²) in [5.74, 6) is 0.511. The molecule has 0 aromatic heterocycles. The molecule has 1 fully saturated rings. The molecule has 1 aliphatic carbocycles. The Balaban J connectivity index is 1.88. The standard InChI is InChI=1S/C15H22N2O4S/c1-12(18)16-10-11-17-22(19,20)15-8-6-14(7-9-15)21-13-4-2-3-5-13/h6-9,13,17H,2-5,10-11H2,1H3,(H,16,18). The molecule has 0 unspecified atom stereocenters. The highest BCUT2D eigenvalue weighted by Crippen LogP contribution is 2.24. The van der Waals surface area contributed by atoms with Crippen LogP contribution < -0.4 is 14.8 Å². The third-order valence-electron chi connectivity index (χ3n) is 3.53. The molecule has 0 spiro atoms. The average Bonchev–Trinajstić information content (AvgIpc) is 2.97. The predicted octanol–water partition coefficient (Wildman–Crippen LogP) is 1.42. The highest BCUT2D eigenvalue weighted by molar-refractivity contribution is 7.89. The topological polar surface area (TPSA) is 84.5 Å². The highest BCUT2D eigenvalue weighted by atomic mass is 32.2. The summed E-state index contributed by atoms with van der Waals surface area (Å²) in [6, 6.07) is 6.43. The van der Waals surface area contributed by atoms with Crippen LogP contribution >= 0.6 is 0 Å². The molecule has 1 saturated carbocycles. The van der Waals surface area contributed by atoms with Gasteiger partial charge in [-0.15, -0.1) is 0 Å². The second kappa shape index (κ2) is 7.60. The van der Waals surface area contributed by atoms with Crippen LogP contribution in [-0.4, -0.2) is 33.5 Å². The molecule has 6 nitrogen and oxygen atoms in total. The van der Waals surface area contributed by atoms with Crippen LogP contribution in [0.1, 0.15) is 32.6 Å². The molecule has 1 aromatic carbocycles. The van der Waals surface area contributed by atoms with Gasteiger partial charge in [-0.1, -0.05) is 0 Å². The van der Waals surface area contributed by atoms with Crippen molar-refractivity contribution in [3.8, 4) is 5.75 Å². The summed E-state index contributed by atoms with van der Waals surface area (Å²) in [6.45, 7) is 1.80. The Morgan fingerprint density at radius 2 is 1.82 bits per heavy atom. The summed E-state index contributed by atoms with van der Waals surface area (Å²) in [7, 11) is -3.56. The molecule has 2 N–H and O–H groups in total. The van der Waals surface area contributed by atoms with Crippen LogP contribution in [0, 0.1) is 0 Å². The molecule has 0 bridgehead atoms. The molecule has 2 rings (SSSR count). The van der Waals surface area contributed by atoms with Gasteiger partial charge >= 0.3 is 0 Å². The lowest BCUT2D eigenvalue weighted by Gasteiger charge is -2.13. The predicted molar refractivity (Wildman–Crippen MR) is 83.2 cm³/mol. The van der Waals surface area contributed by atoms with E-state index in [4.69, 9.17) is 4.74 Å². The van der Waals surface area contributed by atoms with E-state index in [-0.39, 0.29) is 30.0 Å². The number of nitrogens with one attached hydrogen (secondary N) is 2. The Morgan fingerprint density at radius 1 is 1.18 bits per heavy atom. The maximum absolute atomic E-state index is 12.1. The van der Waals surface area contributed by atoms with Gasteiger partial charge in [0.15, 0.2) is 0 Å². The number of sulfonamides is 1. The first kappa shape index (κ1) is 16.8. The molecule has 0 atom stereocenters. The number of hydrogen-bond donors (Lipinski definition) is 2. The van der Waals surface area contributed by atoms with E-state index in [1.54, 1.807) is 12.1 Å². The summed E-state index contributed by atoms with van der Waals surface area (Å²) < 4.78 is 32.4. The Labute approximate surface area is 131 Å². The molecule has 1 aliphatic rings. The first-order valence-electron chi connectivity index (χ1n) is 7.48. The average molecular weight is 326 g/mol. The van der Waals surface area contributed by atoms with Gasteiger partial charge in [0.05, 0.1) is 11.0 Å². The van der Waals surface area contributed by atoms with Crippen molar-refractivity contribution < 1.29 is 17.9 Å². The van der Waals surface area contributed by atoms with E-state index < -0.39 is 10.0 Å². The van der Waals surface area contributed by atoms with Crippen LogP contribution in [0.15, 0.2) is 29.2 Å². The van der Waals surface area contributed by atoms with Gasteiger partial charge in [0.2, 0.25) is 15.9 Å². The molecule has 22 heavy (non-hydrogen) atoms. The Morgan fingerprint density at radius 3 is 2.41 bits per heavy atom. The van der Waals surface area contributed by atoms with Crippen molar-refractivity contribution in [2.45, 2.75) is 43.6 Å². The minimum absolute atomic E-state index is 0.155. The highest BCUT2D eigenvalue weighted by Gasteiger charge is 2.17. The normalized spacial score (nSPS) is 15.7. The van der Waals surface area contributed by atoms with Crippen LogP contribution in [0.3, 0.4) is 0 Å². The van der Waals surface area contributed by atoms with Gasteiger partial charge in [0.25, 0.3) is 0 Å². The fourth-order valence-electron chi connectivity index (χ4n) is 2.40. The fraction of sp³-hybridized carbons (Fsp3) is 0.533. The number of rotatable bonds is 7. The lowest BCUT2D eigenvalue weighted by molar-refractivity contribution is -0.118. The molecule has 0 saturated heterocycles. The Bertz CT molecular complexity index is 592. The zero-order chi connectivity index (χ0) is 16.0. The number of amides is 1. The number of ether oxygens (including phenoxy) is 1. The van der Waals surface area contributed by atoms with E-state index in [0.29, 0.717) is 5.75 Å². The monoisotopic (exact) mass is 326 g/mol. The minimum Gasteiger partial charge on any atom is -0.490 e. The molecule has 1 amide bonds. The van der Waals surface area contributed by atoms with Gasteiger partial charge < -0.3 is 10.1 Å². The lowest BCUT2D eigenvalue weighted by atomic mass is 10.3. The van der Waals surface area contributed by atoms with Crippen molar-refractivity contribution in [3.63, 3.8) is 0 Å². The molecular formula is C15H22N2O4S. The first-order valence-corrected chi connectivity index (χ1v) is 8.96. The number of benzene rings is 1. The van der Waals surface area contributed by atoms with E-state index in [9.17, 15) is 13.2 Å². The smallest absolute Gasteiger partial charge is 0.240 e. The second-order valence-electron chi connectivity index (χ2n) is 5.38. The van der Waals surface area contributed by atoms with Crippen LogP contribution in [0.2, 0.25) is 0 Å². The Kier molecular flexibility index (Phi) is 5.79. The van der Waals surface area contributed by atoms with Gasteiger partial charge in [0, 0.05) is 20.0 Å². The number of carbonyl (C=O) groups excluding carboxylic acids is 1. The zero-order valence-corrected chi connectivity index (χ0v) is 13.5. The summed E-state index contributed by atoms with van der Waals surface area (Å²) >= 11 is 0. The fourth-order valence-corrected chi connectivity index (χ4v) is 3.44. The molecule has 1 aromatic rings. The van der Waals surface area contributed by atoms with Crippen LogP contribution in [0.25, 0.3) is 0 Å². The third-order valence-corrected chi connectivity index (χ3v) is 5.01. The van der Waals surface area contributed by atoms with Gasteiger partial charge in [-0.05, 0) is 49.9 Å². The van der Waals surface area contributed by atoms with Crippen molar-refractivity contribution in [1.82, 2.24) is 10.0 Å². The minimum atomic E-state index is -3.56. The second-order valence-corrected chi connectivity index (χ2v) is 7.14. The molecule has 0 aliphatic heterocycles. The van der Waals surface area contributed by atoms with Crippen LogP contribution in [-0.2, 0) is 14.8 Å². The van der Waals surface area contributed by atoms with Gasteiger partial charge in [0.1, 0.15) is 5.75 Å². The van der Waals surface area contributed by atoms with E-state index in [0.717, 1.165) is 12.8 Å². The van der Waals surface area contributed by atoms with Crippen molar-refractivity contribution in [1.29, 1.82) is 0 Å². The molecular weight excluding hydrogens is 304 g/mol. The lowest BCUT2D eigenvalue weighted by Crippen LogP contribution is -2.33. The van der Waals surface area contributed by atoms with E-state index in [2.05, 4.69) is 10.0 Å². The SMILES string of the molecule is CC(=O)NCCNS(=O)(=O)c1ccc(OC2CCCC2)cc1. The number of carbonyl (C=O) groups is 1. The van der Waals surface area contributed by atoms with Gasteiger partial charge in [-0.25, -0.2) is 13.1 Å². The first-order chi connectivity index (χ1) is 10.5. The van der Waals surface area contributed by atoms with Crippen molar-refractivity contribution in [2.24, 2.45) is 0 Å². The van der Waals surface area contributed by atoms with Crippen molar-refractivity contribution in [3.05, 3.63) is 24.3 Å². The summed E-state index contributed by atoms with van der Waals surface area (Å²) in [4.78, 5) is 10.9. The molecule has 0 heterocycles. The zero-order valence-electron chi connectivity index (χ0n) is 12.7. The Hall–Kier alpha value is -1.60. The van der Waals surface area contributed by atoms with Crippen LogP contribution in [0.5, 0.6) is 5.75 Å².